The van der Waals surface area contributed by atoms with Crippen LogP contribution in [0.4, 0.5) is 0 Å². The van der Waals surface area contributed by atoms with Crippen LogP contribution in [0.25, 0.3) is 11.1 Å². The molecule has 1 atom stereocenters. The molecule has 3 aromatic carbocycles. The van der Waals surface area contributed by atoms with Crippen molar-refractivity contribution in [3.63, 3.8) is 0 Å². The topological polar surface area (TPSA) is 27.7 Å². The van der Waals surface area contributed by atoms with E-state index in [1.54, 1.807) is 7.11 Å². The molecule has 0 N–H and O–H groups in total. The Labute approximate surface area is 218 Å². The van der Waals surface area contributed by atoms with Gasteiger partial charge in [-0.1, -0.05) is 100 Å². The van der Waals surface area contributed by atoms with E-state index in [2.05, 4.69) is 63.2 Å². The number of ether oxygens (including phenoxy) is 3. The van der Waals surface area contributed by atoms with E-state index in [1.165, 1.54) is 56.9 Å². The predicted molar refractivity (Wildman–Crippen MR) is 151 cm³/mol. The highest BCUT2D eigenvalue weighted by Crippen LogP contribution is 2.27. The van der Waals surface area contributed by atoms with Crippen LogP contribution in [0, 0.1) is 13.8 Å². The van der Waals surface area contributed by atoms with E-state index in [0.29, 0.717) is 0 Å². The molecule has 0 bridgehead atoms. The largest absolute Gasteiger partial charge is 0.497 e. The number of methoxy groups -OCH3 is 1. The molecule has 0 radical (unpaired) electrons. The van der Waals surface area contributed by atoms with Crippen molar-refractivity contribution >= 4 is 0 Å². The van der Waals surface area contributed by atoms with E-state index >= 15 is 0 Å². The highest BCUT2D eigenvalue weighted by molar-refractivity contribution is 5.64. The van der Waals surface area contributed by atoms with Gasteiger partial charge in [0.05, 0.1) is 7.11 Å². The molecule has 194 valence electrons. The summed E-state index contributed by atoms with van der Waals surface area (Å²) in [4.78, 5) is 0. The summed E-state index contributed by atoms with van der Waals surface area (Å²) in [5.74, 6) is 2.59. The molecule has 0 amide bonds. The molecule has 3 heteroatoms. The summed E-state index contributed by atoms with van der Waals surface area (Å²) in [6.07, 6.45) is 12.3. The Balaban J connectivity index is 1.57. The van der Waals surface area contributed by atoms with Gasteiger partial charge in [-0.05, 0) is 67.3 Å². The lowest BCUT2D eigenvalue weighted by Crippen LogP contribution is -2.24. The van der Waals surface area contributed by atoms with Crippen LogP contribution in [-0.4, -0.2) is 13.4 Å². The number of rotatable bonds is 16. The number of unbranched alkanes of at least 4 members (excludes halogenated alkanes) is 8. The maximum atomic E-state index is 6.38. The monoisotopic (exact) mass is 488 g/mol. The number of hydrogen-bond donors (Lipinski definition) is 0. The van der Waals surface area contributed by atoms with Gasteiger partial charge in [-0.15, -0.1) is 0 Å². The lowest BCUT2D eigenvalue weighted by Gasteiger charge is -2.22. The Morgan fingerprint density at radius 2 is 1.17 bits per heavy atom. The minimum absolute atomic E-state index is 0.303. The van der Waals surface area contributed by atoms with E-state index in [0.717, 1.165) is 46.8 Å². The van der Waals surface area contributed by atoms with Crippen molar-refractivity contribution in [1.82, 2.24) is 0 Å². The van der Waals surface area contributed by atoms with Gasteiger partial charge in [-0.25, -0.2) is 0 Å². The summed E-state index contributed by atoms with van der Waals surface area (Å²) in [5, 5.41) is 0. The van der Waals surface area contributed by atoms with Gasteiger partial charge < -0.3 is 14.2 Å². The van der Waals surface area contributed by atoms with Gasteiger partial charge in [0.15, 0.2) is 0 Å². The minimum Gasteiger partial charge on any atom is -0.497 e. The third kappa shape index (κ3) is 9.26. The average Bonchev–Trinajstić information content (AvgIpc) is 2.89. The zero-order valence-corrected chi connectivity index (χ0v) is 22.7. The third-order valence-electron chi connectivity index (χ3n) is 6.68. The Morgan fingerprint density at radius 1 is 0.611 bits per heavy atom. The highest BCUT2D eigenvalue weighted by atomic mass is 16.7. The smallest absolute Gasteiger partial charge is 0.241 e. The summed E-state index contributed by atoms with van der Waals surface area (Å²) in [7, 11) is 1.69. The van der Waals surface area contributed by atoms with Crippen molar-refractivity contribution in [2.75, 3.05) is 7.11 Å². The number of aryl methyl sites for hydroxylation is 2. The number of hydrogen-bond acceptors (Lipinski definition) is 3. The lowest BCUT2D eigenvalue weighted by atomic mass is 10.1. The second-order valence-electron chi connectivity index (χ2n) is 9.80. The van der Waals surface area contributed by atoms with Crippen molar-refractivity contribution < 1.29 is 14.2 Å². The van der Waals surface area contributed by atoms with E-state index < -0.39 is 0 Å². The molecule has 36 heavy (non-hydrogen) atoms. The van der Waals surface area contributed by atoms with Gasteiger partial charge in [0.1, 0.15) is 17.2 Å². The van der Waals surface area contributed by atoms with E-state index in [1.807, 2.05) is 24.3 Å². The minimum atomic E-state index is -0.303. The molecule has 3 nitrogen and oxygen atoms in total. The van der Waals surface area contributed by atoms with Gasteiger partial charge in [0.25, 0.3) is 0 Å². The zero-order valence-electron chi connectivity index (χ0n) is 22.7. The first-order valence-electron chi connectivity index (χ1n) is 13.7. The summed E-state index contributed by atoms with van der Waals surface area (Å²) in [6, 6.07) is 22.7. The van der Waals surface area contributed by atoms with Crippen LogP contribution in [0.5, 0.6) is 17.2 Å². The van der Waals surface area contributed by atoms with E-state index in [4.69, 9.17) is 14.2 Å². The molecule has 3 aromatic rings. The molecule has 0 heterocycles. The molecule has 0 spiro atoms. The second kappa shape index (κ2) is 15.2. The molecule has 0 aliphatic rings. The van der Waals surface area contributed by atoms with Crippen LogP contribution in [-0.2, 0) is 0 Å². The van der Waals surface area contributed by atoms with Gasteiger partial charge in [0, 0.05) is 6.42 Å². The first-order chi connectivity index (χ1) is 17.6. The first kappa shape index (κ1) is 27.6. The maximum Gasteiger partial charge on any atom is 0.241 e. The molecule has 0 saturated carbocycles. The fourth-order valence-corrected chi connectivity index (χ4v) is 4.50. The second-order valence-corrected chi connectivity index (χ2v) is 9.80. The van der Waals surface area contributed by atoms with Gasteiger partial charge >= 0.3 is 0 Å². The summed E-state index contributed by atoms with van der Waals surface area (Å²) < 4.78 is 18.0. The molecule has 0 fully saturated rings. The van der Waals surface area contributed by atoms with Crippen molar-refractivity contribution in [2.24, 2.45) is 0 Å². The third-order valence-corrected chi connectivity index (χ3v) is 6.68. The van der Waals surface area contributed by atoms with E-state index in [-0.39, 0.29) is 6.29 Å². The van der Waals surface area contributed by atoms with Crippen LogP contribution in [0.2, 0.25) is 0 Å². The molecule has 0 aromatic heterocycles. The Morgan fingerprint density at radius 3 is 1.72 bits per heavy atom. The molecular weight excluding hydrogens is 444 g/mol. The van der Waals surface area contributed by atoms with Crippen LogP contribution in [0.3, 0.4) is 0 Å². The highest BCUT2D eigenvalue weighted by Gasteiger charge is 2.14. The summed E-state index contributed by atoms with van der Waals surface area (Å²) >= 11 is 0. The predicted octanol–water partition coefficient (Wildman–Crippen LogP) is 9.68. The Hall–Kier alpha value is -2.94. The van der Waals surface area contributed by atoms with Crippen LogP contribution < -0.4 is 14.2 Å². The molecule has 0 aliphatic carbocycles. The standard InChI is InChI=1S/C33H44O3/c1-5-6-7-8-9-10-11-12-13-14-33(36-32-24-15-26(2)25-27(32)3)35-31-22-18-29(19-23-31)28-16-20-30(34-4)21-17-28/h15-25,33H,5-14H2,1-4H3. The summed E-state index contributed by atoms with van der Waals surface area (Å²) in [5.41, 5.74) is 4.69. The molecule has 3 rings (SSSR count). The Bertz CT molecular complexity index is 1010. The van der Waals surface area contributed by atoms with Crippen molar-refractivity contribution in [1.29, 1.82) is 0 Å². The Kier molecular flexibility index (Phi) is 11.7. The molecule has 1 unspecified atom stereocenters. The fourth-order valence-electron chi connectivity index (χ4n) is 4.50. The van der Waals surface area contributed by atoms with Gasteiger partial charge in [-0.2, -0.15) is 0 Å². The van der Waals surface area contributed by atoms with Crippen LogP contribution >= 0.6 is 0 Å². The number of benzene rings is 3. The molecular formula is C33H44O3. The van der Waals surface area contributed by atoms with Crippen LogP contribution in [0.15, 0.2) is 66.7 Å². The van der Waals surface area contributed by atoms with Gasteiger partial charge in [0.2, 0.25) is 6.29 Å². The summed E-state index contributed by atoms with van der Waals surface area (Å²) in [6.45, 7) is 6.48. The van der Waals surface area contributed by atoms with Crippen molar-refractivity contribution in [2.45, 2.75) is 91.3 Å². The quantitative estimate of drug-likeness (QED) is 0.148. The van der Waals surface area contributed by atoms with Gasteiger partial charge in [-0.3, -0.25) is 0 Å². The average molecular weight is 489 g/mol. The lowest BCUT2D eigenvalue weighted by molar-refractivity contribution is -0.00295. The van der Waals surface area contributed by atoms with Crippen LogP contribution in [0.1, 0.15) is 82.3 Å². The molecule has 0 aliphatic heterocycles. The van der Waals surface area contributed by atoms with E-state index in [9.17, 15) is 0 Å². The van der Waals surface area contributed by atoms with Crippen molar-refractivity contribution in [3.8, 4) is 28.4 Å². The fraction of sp³-hybridized carbons (Fsp3) is 0.455. The maximum absolute atomic E-state index is 6.38. The molecule has 0 saturated heterocycles. The SMILES string of the molecule is CCCCCCCCCCCC(Oc1ccc(-c2ccc(OC)cc2)cc1)Oc1ccc(C)cc1C. The van der Waals surface area contributed by atoms with Crippen molar-refractivity contribution in [3.05, 3.63) is 77.9 Å². The normalized spacial score (nSPS) is 11.8. The first-order valence-corrected chi connectivity index (χ1v) is 13.7. The zero-order chi connectivity index (χ0) is 25.6.